The number of para-hydroxylation sites is 1. The minimum absolute atomic E-state index is 0.00833. The normalized spacial score (nSPS) is 13.2. The molecule has 0 saturated heterocycles. The zero-order chi connectivity index (χ0) is 36.6. The number of amides is 7. The van der Waals surface area contributed by atoms with Crippen LogP contribution < -0.4 is 37.2 Å². The fraction of sp³-hybridized carbons (Fsp3) is 0.400. The molecule has 2 aromatic carbocycles. The van der Waals surface area contributed by atoms with Gasteiger partial charge in [-0.15, -0.1) is 0 Å². The van der Waals surface area contributed by atoms with E-state index in [9.17, 15) is 38.7 Å². The number of aliphatic carboxylic acids is 1. The van der Waals surface area contributed by atoms with Crippen molar-refractivity contribution in [1.82, 2.24) is 26.6 Å². The van der Waals surface area contributed by atoms with Crippen molar-refractivity contribution in [2.45, 2.75) is 64.6 Å². The highest BCUT2D eigenvalue weighted by Crippen LogP contribution is 2.26. The van der Waals surface area contributed by atoms with Crippen molar-refractivity contribution >= 4 is 47.2 Å². The number of nitrogens with zero attached hydrogens (tertiary/aromatic N) is 1. The highest BCUT2D eigenvalue weighted by molar-refractivity contribution is 5.97. The number of hydrogen-bond acceptors (Lipinski definition) is 7. The Morgan fingerprint density at radius 1 is 0.840 bits per heavy atom. The first kappa shape index (κ1) is 38.5. The molecule has 15 nitrogen and oxygen atoms in total. The van der Waals surface area contributed by atoms with E-state index < -0.39 is 60.8 Å². The summed E-state index contributed by atoms with van der Waals surface area (Å²) in [5, 5.41) is 21.6. The second-order valence-electron chi connectivity index (χ2n) is 11.7. The lowest BCUT2D eigenvalue weighted by atomic mass is 9.97. The molecule has 3 atom stereocenters. The van der Waals surface area contributed by atoms with Crippen LogP contribution in [0.2, 0.25) is 0 Å². The summed E-state index contributed by atoms with van der Waals surface area (Å²) in [6.45, 7) is 2.95. The Kier molecular flexibility index (Phi) is 14.8. The molecule has 1 aliphatic rings. The number of rotatable bonds is 17. The van der Waals surface area contributed by atoms with Gasteiger partial charge in [-0.3, -0.25) is 24.0 Å². The van der Waals surface area contributed by atoms with Crippen LogP contribution in [0.4, 0.5) is 10.5 Å². The Hall–Kier alpha value is -5.91. The molecule has 0 saturated carbocycles. The molecule has 1 heterocycles. The van der Waals surface area contributed by atoms with Crippen molar-refractivity contribution in [2.24, 2.45) is 11.7 Å². The number of fused-ring (bicyclic) bond motifs is 2. The summed E-state index contributed by atoms with van der Waals surface area (Å²) in [4.78, 5) is 88.0. The van der Waals surface area contributed by atoms with Crippen molar-refractivity contribution in [3.8, 4) is 11.8 Å². The number of carboxylic acids is 1. The van der Waals surface area contributed by atoms with Gasteiger partial charge in [-0.1, -0.05) is 62.4 Å². The van der Waals surface area contributed by atoms with Crippen molar-refractivity contribution in [3.05, 3.63) is 65.2 Å². The first-order valence-electron chi connectivity index (χ1n) is 16.3. The molecule has 2 aromatic rings. The zero-order valence-electron chi connectivity index (χ0n) is 28.0. The molecule has 0 aliphatic carbocycles. The van der Waals surface area contributed by atoms with Gasteiger partial charge in [0.1, 0.15) is 12.1 Å². The maximum atomic E-state index is 13.3. The molecule has 50 heavy (non-hydrogen) atoms. The summed E-state index contributed by atoms with van der Waals surface area (Å²) >= 11 is 0. The molecule has 7 amide bonds. The van der Waals surface area contributed by atoms with Crippen LogP contribution in [-0.2, 0) is 35.3 Å². The predicted molar refractivity (Wildman–Crippen MR) is 183 cm³/mol. The maximum absolute atomic E-state index is 13.3. The van der Waals surface area contributed by atoms with Gasteiger partial charge in [-0.2, -0.15) is 0 Å². The molecule has 3 rings (SSSR count). The minimum atomic E-state index is -1.28. The van der Waals surface area contributed by atoms with Gasteiger partial charge in [0, 0.05) is 30.5 Å². The minimum Gasteiger partial charge on any atom is -0.480 e. The van der Waals surface area contributed by atoms with Crippen LogP contribution >= 0.6 is 0 Å². The average Bonchev–Trinajstić information content (AvgIpc) is 3.09. The van der Waals surface area contributed by atoms with E-state index in [0.717, 1.165) is 11.1 Å². The van der Waals surface area contributed by atoms with E-state index in [0.29, 0.717) is 17.7 Å². The molecule has 0 bridgehead atoms. The van der Waals surface area contributed by atoms with Crippen LogP contribution in [0.15, 0.2) is 48.5 Å². The number of anilines is 1. The Bertz CT molecular complexity index is 1650. The molecule has 1 aliphatic heterocycles. The monoisotopic (exact) mass is 689 g/mol. The third-order valence-electron chi connectivity index (χ3n) is 8.03. The molecule has 266 valence electrons. The van der Waals surface area contributed by atoms with Crippen LogP contribution in [0.3, 0.4) is 0 Å². The number of primary amides is 1. The summed E-state index contributed by atoms with van der Waals surface area (Å²) in [5.41, 5.74) is 8.01. The largest absolute Gasteiger partial charge is 0.480 e. The number of nitrogens with two attached hydrogens (primary N) is 1. The summed E-state index contributed by atoms with van der Waals surface area (Å²) in [7, 11) is 0. The number of hydrogen-bond donors (Lipinski definition) is 7. The van der Waals surface area contributed by atoms with Crippen LogP contribution in [0, 0.1) is 17.8 Å². The van der Waals surface area contributed by atoms with Crippen LogP contribution in [0.1, 0.15) is 62.6 Å². The number of benzene rings is 2. The highest BCUT2D eigenvalue weighted by atomic mass is 16.4. The van der Waals surface area contributed by atoms with E-state index in [2.05, 4.69) is 38.4 Å². The van der Waals surface area contributed by atoms with E-state index in [4.69, 9.17) is 5.73 Å². The van der Waals surface area contributed by atoms with Crippen molar-refractivity contribution in [1.29, 1.82) is 0 Å². The number of carboxylic acid groups (broad SMARTS) is 1. The van der Waals surface area contributed by atoms with E-state index in [1.165, 1.54) is 0 Å². The summed E-state index contributed by atoms with van der Waals surface area (Å²) < 4.78 is 0. The number of nitrogens with one attached hydrogen (secondary N) is 5. The van der Waals surface area contributed by atoms with Crippen LogP contribution in [0.5, 0.6) is 0 Å². The smallest absolute Gasteiger partial charge is 0.326 e. The van der Waals surface area contributed by atoms with Gasteiger partial charge in [0.05, 0.1) is 25.3 Å². The predicted octanol–water partition coefficient (Wildman–Crippen LogP) is 0.494. The topological polar surface area (TPSA) is 229 Å². The van der Waals surface area contributed by atoms with E-state index in [-0.39, 0.29) is 50.6 Å². The number of urea groups is 1. The van der Waals surface area contributed by atoms with Crippen LogP contribution in [0.25, 0.3) is 0 Å². The molecule has 15 heteroatoms. The maximum Gasteiger partial charge on any atom is 0.326 e. The van der Waals surface area contributed by atoms with Gasteiger partial charge in [-0.25, -0.2) is 9.59 Å². The highest BCUT2D eigenvalue weighted by Gasteiger charge is 2.30. The fourth-order valence-electron chi connectivity index (χ4n) is 5.03. The molecule has 0 aromatic heterocycles. The third kappa shape index (κ3) is 12.0. The van der Waals surface area contributed by atoms with Crippen molar-refractivity contribution in [2.75, 3.05) is 24.5 Å². The Balaban J connectivity index is 1.46. The number of carbonyl (C=O) groups is 7. The van der Waals surface area contributed by atoms with Crippen LogP contribution in [-0.4, -0.2) is 78.4 Å². The summed E-state index contributed by atoms with van der Waals surface area (Å²) in [6, 6.07) is 11.7. The SMILES string of the molecule is CC[C@H](C)[C@H](NC(=O)CNC(=O)CNC(=O)CCC(=O)N1Cc2ccccc2C#Cc2ccccc21)C(=O)N[C@@H](CCCNC(N)=O)C(=O)O. The third-order valence-corrected chi connectivity index (χ3v) is 8.03. The molecular formula is C35H43N7O8. The fourth-order valence-corrected chi connectivity index (χ4v) is 5.03. The Morgan fingerprint density at radius 3 is 2.18 bits per heavy atom. The molecule has 0 fully saturated rings. The number of carbonyl (C=O) groups excluding carboxylic acids is 6. The van der Waals surface area contributed by atoms with E-state index >= 15 is 0 Å². The quantitative estimate of drug-likeness (QED) is 0.0911. The van der Waals surface area contributed by atoms with E-state index in [1.54, 1.807) is 24.8 Å². The van der Waals surface area contributed by atoms with Gasteiger partial charge >= 0.3 is 12.0 Å². The van der Waals surface area contributed by atoms with Gasteiger partial charge in [0.2, 0.25) is 29.5 Å². The first-order valence-corrected chi connectivity index (χ1v) is 16.3. The molecule has 0 radical (unpaired) electrons. The van der Waals surface area contributed by atoms with Crippen molar-refractivity contribution in [3.63, 3.8) is 0 Å². The van der Waals surface area contributed by atoms with Gasteiger partial charge < -0.3 is 42.3 Å². The standard InChI is InChI=1S/C35H43N7O8/c1-3-22(2)32(33(47)40-26(34(48)49)12-8-18-37-35(36)50)41-30(45)20-39-29(44)19-38-28(43)16-17-31(46)42-21-25-11-5-4-9-23(25)14-15-24-10-6-7-13-27(24)42/h4-7,9-11,13,22,26,32H,3,8,12,16-21H2,1-2H3,(H,38,43)(H,39,44)(H,40,47)(H,41,45)(H,48,49)(H3,36,37,50)/t22-,26-,32-/m0/s1. The van der Waals surface area contributed by atoms with Gasteiger partial charge in [0.25, 0.3) is 0 Å². The summed E-state index contributed by atoms with van der Waals surface area (Å²) in [5.74, 6) is 1.69. The van der Waals surface area contributed by atoms with Gasteiger partial charge in [0.15, 0.2) is 0 Å². The Morgan fingerprint density at radius 2 is 1.48 bits per heavy atom. The average molecular weight is 690 g/mol. The lowest BCUT2D eigenvalue weighted by molar-refractivity contribution is -0.142. The second kappa shape index (κ2) is 19.2. The molecular weight excluding hydrogens is 646 g/mol. The summed E-state index contributed by atoms with van der Waals surface area (Å²) in [6.07, 6.45) is 0.422. The first-order chi connectivity index (χ1) is 23.9. The van der Waals surface area contributed by atoms with Gasteiger partial charge in [-0.05, 0) is 42.5 Å². The second-order valence-corrected chi connectivity index (χ2v) is 11.7. The Labute approximate surface area is 290 Å². The van der Waals surface area contributed by atoms with E-state index in [1.807, 2.05) is 42.5 Å². The lowest BCUT2D eigenvalue weighted by Crippen LogP contribution is -2.55. The zero-order valence-corrected chi connectivity index (χ0v) is 28.0. The molecule has 8 N–H and O–H groups in total. The molecule has 0 spiro atoms. The van der Waals surface area contributed by atoms with Crippen molar-refractivity contribution < 1.29 is 38.7 Å². The molecule has 0 unspecified atom stereocenters. The lowest BCUT2D eigenvalue weighted by Gasteiger charge is -2.26.